The van der Waals surface area contributed by atoms with E-state index in [0.29, 0.717) is 30.5 Å². The molecule has 0 heterocycles. The van der Waals surface area contributed by atoms with Crippen molar-refractivity contribution in [1.82, 2.24) is 0 Å². The van der Waals surface area contributed by atoms with Crippen molar-refractivity contribution in [2.45, 2.75) is 19.3 Å². The Hall–Kier alpha value is -2.64. The predicted molar refractivity (Wildman–Crippen MR) is 111 cm³/mol. The first-order valence-corrected chi connectivity index (χ1v) is 9.40. The van der Waals surface area contributed by atoms with E-state index in [-0.39, 0.29) is 5.92 Å². The fourth-order valence-corrected chi connectivity index (χ4v) is 3.16. The van der Waals surface area contributed by atoms with Gasteiger partial charge in [0.25, 0.3) is 0 Å². The second-order valence-corrected chi connectivity index (χ2v) is 6.27. The van der Waals surface area contributed by atoms with Crippen molar-refractivity contribution in [3.63, 3.8) is 0 Å². The van der Waals surface area contributed by atoms with E-state index in [4.69, 9.17) is 18.9 Å². The van der Waals surface area contributed by atoms with Crippen LogP contribution in [0.25, 0.3) is 0 Å². The van der Waals surface area contributed by atoms with Crippen LogP contribution in [0.15, 0.2) is 65.8 Å². The monoisotopic (exact) mass is 381 g/mol. The number of benzene rings is 1. The molecule has 0 N–H and O–H groups in total. The Morgan fingerprint density at radius 2 is 1.75 bits per heavy atom. The van der Waals surface area contributed by atoms with E-state index in [9.17, 15) is 0 Å². The molecule has 0 spiro atoms. The topological polar surface area (TPSA) is 36.9 Å². The molecule has 2 rings (SSSR count). The highest BCUT2D eigenvalue weighted by Gasteiger charge is 2.31. The fourth-order valence-electron chi connectivity index (χ4n) is 3.16. The van der Waals surface area contributed by atoms with Gasteiger partial charge in [0, 0.05) is 6.42 Å². The molecule has 1 aliphatic carbocycles. The van der Waals surface area contributed by atoms with E-state index in [1.165, 1.54) is 5.56 Å². The van der Waals surface area contributed by atoms with Crippen molar-refractivity contribution < 1.29 is 18.9 Å². The Morgan fingerprint density at radius 3 is 2.39 bits per heavy atom. The number of ether oxygens (including phenoxy) is 4. The first-order chi connectivity index (χ1) is 13.7. The molecular formula is C24H29O4. The molecule has 4 heteroatoms. The van der Waals surface area contributed by atoms with Crippen molar-refractivity contribution in [2.24, 2.45) is 5.92 Å². The van der Waals surface area contributed by atoms with Crippen molar-refractivity contribution in [1.29, 1.82) is 0 Å². The lowest BCUT2D eigenvalue weighted by atomic mass is 9.87. The number of hydrogen-bond donors (Lipinski definition) is 0. The third kappa shape index (κ3) is 5.94. The van der Waals surface area contributed by atoms with E-state index in [1.54, 1.807) is 27.4 Å². The lowest BCUT2D eigenvalue weighted by Crippen LogP contribution is -2.19. The van der Waals surface area contributed by atoms with Gasteiger partial charge in [0.1, 0.15) is 6.61 Å². The molecule has 0 saturated heterocycles. The van der Waals surface area contributed by atoms with Crippen LogP contribution in [0.2, 0.25) is 0 Å². The molecule has 1 atom stereocenters. The third-order valence-electron chi connectivity index (χ3n) is 4.42. The van der Waals surface area contributed by atoms with Gasteiger partial charge in [-0.3, -0.25) is 0 Å². The molecule has 0 aromatic heterocycles. The summed E-state index contributed by atoms with van der Waals surface area (Å²) in [5.74, 6) is 8.04. The summed E-state index contributed by atoms with van der Waals surface area (Å²) >= 11 is 0. The number of rotatable bonds is 10. The molecule has 4 nitrogen and oxygen atoms in total. The first kappa shape index (κ1) is 21.7. The van der Waals surface area contributed by atoms with Crippen LogP contribution in [0.5, 0.6) is 0 Å². The summed E-state index contributed by atoms with van der Waals surface area (Å²) in [5, 5.41) is 0. The highest BCUT2D eigenvalue weighted by Crippen LogP contribution is 2.37. The zero-order valence-electron chi connectivity index (χ0n) is 17.0. The van der Waals surface area contributed by atoms with Crippen molar-refractivity contribution in [3.05, 3.63) is 77.8 Å². The normalized spacial score (nSPS) is 16.3. The maximum atomic E-state index is 5.65. The molecule has 28 heavy (non-hydrogen) atoms. The largest absolute Gasteiger partial charge is 0.496 e. The number of aryl methyl sites for hydroxylation is 1. The number of methoxy groups -OCH3 is 3. The first-order valence-electron chi connectivity index (χ1n) is 9.40. The lowest BCUT2D eigenvalue weighted by Gasteiger charge is -2.27. The Morgan fingerprint density at radius 1 is 1.00 bits per heavy atom. The number of hydrogen-bond acceptors (Lipinski definition) is 4. The van der Waals surface area contributed by atoms with E-state index in [2.05, 4.69) is 49.1 Å². The summed E-state index contributed by atoms with van der Waals surface area (Å²) in [6.07, 6.45) is 6.68. The molecule has 0 bridgehead atoms. The second kappa shape index (κ2) is 11.9. The van der Waals surface area contributed by atoms with Crippen LogP contribution in [-0.4, -0.2) is 34.5 Å². The van der Waals surface area contributed by atoms with Gasteiger partial charge in [-0.1, -0.05) is 48.2 Å². The highest BCUT2D eigenvalue weighted by atomic mass is 16.5. The third-order valence-corrected chi connectivity index (χ3v) is 4.42. The van der Waals surface area contributed by atoms with Crippen molar-refractivity contribution in [3.8, 4) is 11.8 Å². The highest BCUT2D eigenvalue weighted by molar-refractivity contribution is 5.44. The Bertz CT molecular complexity index is 750. The van der Waals surface area contributed by atoms with Gasteiger partial charge >= 0.3 is 0 Å². The number of allylic oxidation sites excluding steroid dienone is 2. The zero-order valence-corrected chi connectivity index (χ0v) is 17.0. The van der Waals surface area contributed by atoms with Gasteiger partial charge in [-0.05, 0) is 30.4 Å². The van der Waals surface area contributed by atoms with Gasteiger partial charge in [0.2, 0.25) is 0 Å². The molecule has 1 radical (unpaired) electrons. The van der Waals surface area contributed by atoms with E-state index in [1.807, 2.05) is 6.07 Å². The second-order valence-electron chi connectivity index (χ2n) is 6.27. The van der Waals surface area contributed by atoms with Crippen LogP contribution in [0.1, 0.15) is 18.4 Å². The van der Waals surface area contributed by atoms with Gasteiger partial charge in [0.15, 0.2) is 17.3 Å². The Kier molecular flexibility index (Phi) is 9.24. The van der Waals surface area contributed by atoms with Crippen LogP contribution in [0.3, 0.4) is 0 Å². The minimum Gasteiger partial charge on any atom is -0.496 e. The van der Waals surface area contributed by atoms with Crippen LogP contribution >= 0.6 is 0 Å². The summed E-state index contributed by atoms with van der Waals surface area (Å²) in [6.45, 7) is 4.46. The minimum atomic E-state index is -0.196. The minimum absolute atomic E-state index is 0.196. The van der Waals surface area contributed by atoms with Crippen LogP contribution < -0.4 is 0 Å². The average molecular weight is 381 g/mol. The van der Waals surface area contributed by atoms with Crippen molar-refractivity contribution in [2.75, 3.05) is 34.5 Å². The SMILES string of the molecule is C=CCOCC#CC1[CH]C(CCCc2ccccc2)=C(OC)C(OC)=C1OC. The quantitative estimate of drug-likeness (QED) is 0.341. The maximum Gasteiger partial charge on any atom is 0.200 e. The van der Waals surface area contributed by atoms with Gasteiger partial charge in [0.05, 0.1) is 33.9 Å². The molecule has 149 valence electrons. The van der Waals surface area contributed by atoms with Crippen LogP contribution in [-0.2, 0) is 25.4 Å². The summed E-state index contributed by atoms with van der Waals surface area (Å²) in [4.78, 5) is 0. The maximum absolute atomic E-state index is 5.65. The summed E-state index contributed by atoms with van der Waals surface area (Å²) < 4.78 is 22.2. The smallest absolute Gasteiger partial charge is 0.200 e. The molecule has 1 aromatic rings. The fraction of sp³-hybridized carbons (Fsp3) is 0.375. The molecule has 0 fully saturated rings. The van der Waals surface area contributed by atoms with E-state index >= 15 is 0 Å². The molecule has 0 amide bonds. The summed E-state index contributed by atoms with van der Waals surface area (Å²) in [7, 11) is 4.90. The summed E-state index contributed by atoms with van der Waals surface area (Å²) in [5.41, 5.74) is 2.41. The lowest BCUT2D eigenvalue weighted by molar-refractivity contribution is 0.167. The van der Waals surface area contributed by atoms with E-state index < -0.39 is 0 Å². The molecule has 1 unspecified atom stereocenters. The molecule has 1 aliphatic rings. The molecule has 0 aliphatic heterocycles. The molecular weight excluding hydrogens is 352 g/mol. The van der Waals surface area contributed by atoms with Crippen LogP contribution in [0, 0.1) is 24.2 Å². The zero-order chi connectivity index (χ0) is 20.2. The van der Waals surface area contributed by atoms with E-state index in [0.717, 1.165) is 24.8 Å². The molecule has 1 aromatic carbocycles. The van der Waals surface area contributed by atoms with Gasteiger partial charge in [-0.15, -0.1) is 6.58 Å². The van der Waals surface area contributed by atoms with Gasteiger partial charge < -0.3 is 18.9 Å². The van der Waals surface area contributed by atoms with Gasteiger partial charge in [-0.2, -0.15) is 0 Å². The standard InChI is InChI=1S/C24H29O4/c1-5-16-28-17-10-15-21-18-20(14-9-13-19-11-7-6-8-12-19)22(25-2)24(27-4)23(21)26-3/h5-8,11-12,18,21H,1,9,13-14,16-17H2,2-4H3. The predicted octanol–water partition coefficient (Wildman–Crippen LogP) is 4.45. The van der Waals surface area contributed by atoms with Gasteiger partial charge in [-0.25, -0.2) is 0 Å². The van der Waals surface area contributed by atoms with Crippen LogP contribution in [0.4, 0.5) is 0 Å². The Labute approximate surface area is 168 Å². The molecule has 0 saturated carbocycles. The Balaban J connectivity index is 2.15. The van der Waals surface area contributed by atoms with Crippen molar-refractivity contribution >= 4 is 0 Å². The average Bonchev–Trinajstić information content (AvgIpc) is 2.73. The summed E-state index contributed by atoms with van der Waals surface area (Å²) in [6, 6.07) is 10.5.